The van der Waals surface area contributed by atoms with E-state index < -0.39 is 0 Å². The summed E-state index contributed by atoms with van der Waals surface area (Å²) in [7, 11) is 0. The molecule has 0 aromatic heterocycles. The van der Waals surface area contributed by atoms with Crippen molar-refractivity contribution in [3.05, 3.63) is 120 Å². The van der Waals surface area contributed by atoms with Crippen LogP contribution in [0, 0.1) is 6.92 Å². The molecule has 0 N–H and O–H groups in total. The minimum atomic E-state index is 0.890. The molecule has 0 aliphatic carbocycles. The van der Waals surface area contributed by atoms with Gasteiger partial charge in [-0.3, -0.25) is 4.90 Å². The highest BCUT2D eigenvalue weighted by atomic mass is 15.2. The minimum absolute atomic E-state index is 0.890. The summed E-state index contributed by atoms with van der Waals surface area (Å²) in [6.45, 7) is 6.41. The predicted octanol–water partition coefficient (Wildman–Crippen LogP) is 5.82. The van der Waals surface area contributed by atoms with Gasteiger partial charge in [0.25, 0.3) is 0 Å². The Morgan fingerprint density at radius 3 is 1.92 bits per heavy atom. The molecule has 126 valence electrons. The molecule has 1 aliphatic heterocycles. The first-order valence-corrected chi connectivity index (χ1v) is 8.69. The van der Waals surface area contributed by atoms with Gasteiger partial charge in [0.2, 0.25) is 0 Å². The maximum Gasteiger partial charge on any atom is 0.145 e. The zero-order valence-corrected chi connectivity index (χ0v) is 14.8. The summed E-state index contributed by atoms with van der Waals surface area (Å²) in [5.74, 6) is 0.890. The molecule has 4 rings (SSSR count). The van der Waals surface area contributed by atoms with E-state index in [4.69, 9.17) is 4.99 Å². The fourth-order valence-corrected chi connectivity index (χ4v) is 3.07. The normalized spacial score (nSPS) is 14.0. The second-order valence-electron chi connectivity index (χ2n) is 6.36. The van der Waals surface area contributed by atoms with Crippen LogP contribution in [-0.2, 0) is 0 Å². The van der Waals surface area contributed by atoms with Crippen molar-refractivity contribution in [3.63, 3.8) is 0 Å². The van der Waals surface area contributed by atoms with Gasteiger partial charge in [0.15, 0.2) is 0 Å². The van der Waals surface area contributed by atoms with Crippen LogP contribution in [0.25, 0.3) is 5.70 Å². The largest absolute Gasteiger partial charge is 0.295 e. The molecule has 0 fully saturated rings. The lowest BCUT2D eigenvalue weighted by molar-refractivity contribution is 1.22. The number of rotatable bonds is 3. The van der Waals surface area contributed by atoms with Crippen LogP contribution in [0.3, 0.4) is 0 Å². The second kappa shape index (κ2) is 6.85. The Morgan fingerprint density at radius 1 is 0.731 bits per heavy atom. The number of aliphatic imine (C=N–C) groups is 1. The summed E-state index contributed by atoms with van der Waals surface area (Å²) in [6, 6.07) is 28.9. The van der Waals surface area contributed by atoms with E-state index in [9.17, 15) is 0 Å². The van der Waals surface area contributed by atoms with Gasteiger partial charge in [-0.1, -0.05) is 84.9 Å². The van der Waals surface area contributed by atoms with Gasteiger partial charge >= 0.3 is 0 Å². The van der Waals surface area contributed by atoms with Gasteiger partial charge in [0.05, 0.1) is 5.70 Å². The molecule has 2 heteroatoms. The summed E-state index contributed by atoms with van der Waals surface area (Å²) in [4.78, 5) is 7.11. The van der Waals surface area contributed by atoms with Gasteiger partial charge in [0, 0.05) is 22.5 Å². The topological polar surface area (TPSA) is 15.6 Å². The summed E-state index contributed by atoms with van der Waals surface area (Å²) >= 11 is 0. The zero-order chi connectivity index (χ0) is 17.9. The maximum absolute atomic E-state index is 5.00. The Bertz CT molecular complexity index is 981. The minimum Gasteiger partial charge on any atom is -0.295 e. The average molecular weight is 336 g/mol. The van der Waals surface area contributed by atoms with Crippen LogP contribution in [0.4, 0.5) is 5.69 Å². The third-order valence-electron chi connectivity index (χ3n) is 4.42. The Labute approximate surface area is 154 Å². The van der Waals surface area contributed by atoms with Crippen molar-refractivity contribution >= 4 is 17.2 Å². The molecular formula is C24H20N2. The SMILES string of the molecule is C=C1C=C(c2ccccc2)N=C(c2ccccc2)N1c1ccc(C)cc1. The van der Waals surface area contributed by atoms with Gasteiger partial charge in [-0.2, -0.15) is 0 Å². The summed E-state index contributed by atoms with van der Waals surface area (Å²) < 4.78 is 0. The molecule has 0 unspecified atom stereocenters. The van der Waals surface area contributed by atoms with E-state index >= 15 is 0 Å². The van der Waals surface area contributed by atoms with E-state index in [1.165, 1.54) is 5.56 Å². The van der Waals surface area contributed by atoms with Gasteiger partial charge in [-0.15, -0.1) is 0 Å². The van der Waals surface area contributed by atoms with Crippen molar-refractivity contribution in [2.24, 2.45) is 4.99 Å². The summed E-state index contributed by atoms with van der Waals surface area (Å²) in [6.07, 6.45) is 2.04. The molecule has 3 aromatic carbocycles. The van der Waals surface area contributed by atoms with Crippen molar-refractivity contribution in [2.45, 2.75) is 6.92 Å². The van der Waals surface area contributed by atoms with E-state index in [0.717, 1.165) is 34.0 Å². The molecular weight excluding hydrogens is 316 g/mol. The first-order valence-electron chi connectivity index (χ1n) is 8.69. The van der Waals surface area contributed by atoms with Crippen molar-refractivity contribution in [1.29, 1.82) is 0 Å². The quantitative estimate of drug-likeness (QED) is 0.589. The van der Waals surface area contributed by atoms with Gasteiger partial charge in [-0.25, -0.2) is 4.99 Å². The van der Waals surface area contributed by atoms with E-state index in [1.807, 2.05) is 42.5 Å². The number of allylic oxidation sites excluding steroid dienone is 1. The highest BCUT2D eigenvalue weighted by Crippen LogP contribution is 2.31. The van der Waals surface area contributed by atoms with Gasteiger partial charge in [0.1, 0.15) is 5.84 Å². The lowest BCUT2D eigenvalue weighted by atomic mass is 10.1. The Balaban J connectivity index is 1.85. The first-order chi connectivity index (χ1) is 12.7. The lowest BCUT2D eigenvalue weighted by Crippen LogP contribution is -2.32. The second-order valence-corrected chi connectivity index (χ2v) is 6.36. The van der Waals surface area contributed by atoms with Gasteiger partial charge in [-0.05, 0) is 25.1 Å². The third kappa shape index (κ3) is 3.09. The van der Waals surface area contributed by atoms with E-state index in [-0.39, 0.29) is 0 Å². The molecule has 0 saturated carbocycles. The third-order valence-corrected chi connectivity index (χ3v) is 4.42. The molecule has 26 heavy (non-hydrogen) atoms. The fourth-order valence-electron chi connectivity index (χ4n) is 3.07. The average Bonchev–Trinajstić information content (AvgIpc) is 2.70. The first kappa shape index (κ1) is 16.1. The highest BCUT2D eigenvalue weighted by Gasteiger charge is 2.22. The van der Waals surface area contributed by atoms with Crippen LogP contribution in [0.2, 0.25) is 0 Å². The molecule has 0 saturated heterocycles. The molecule has 2 nitrogen and oxygen atoms in total. The number of hydrogen-bond acceptors (Lipinski definition) is 2. The van der Waals surface area contributed by atoms with E-state index in [1.54, 1.807) is 0 Å². The molecule has 0 atom stereocenters. The summed E-state index contributed by atoms with van der Waals surface area (Å²) in [5, 5.41) is 0. The fraction of sp³-hybridized carbons (Fsp3) is 0.0417. The lowest BCUT2D eigenvalue weighted by Gasteiger charge is -2.30. The monoisotopic (exact) mass is 336 g/mol. The molecule has 3 aromatic rings. The number of nitrogens with zero attached hydrogens (tertiary/aromatic N) is 2. The van der Waals surface area contributed by atoms with Crippen molar-refractivity contribution in [2.75, 3.05) is 4.90 Å². The number of hydrogen-bond donors (Lipinski definition) is 0. The van der Waals surface area contributed by atoms with E-state index in [0.29, 0.717) is 0 Å². The van der Waals surface area contributed by atoms with E-state index in [2.05, 4.69) is 66.9 Å². The summed E-state index contributed by atoms with van der Waals surface area (Å²) in [5.41, 5.74) is 6.28. The van der Waals surface area contributed by atoms with Crippen LogP contribution in [0.5, 0.6) is 0 Å². The molecule has 0 spiro atoms. The standard InChI is InChI=1S/C24H20N2/c1-18-13-15-22(16-14-18)26-19(2)17-23(20-9-5-3-6-10-20)25-24(26)21-11-7-4-8-12-21/h3-17H,2H2,1H3. The molecule has 0 bridgehead atoms. The molecule has 0 amide bonds. The van der Waals surface area contributed by atoms with Crippen LogP contribution >= 0.6 is 0 Å². The highest BCUT2D eigenvalue weighted by molar-refractivity contribution is 6.15. The van der Waals surface area contributed by atoms with Crippen LogP contribution in [-0.4, -0.2) is 5.84 Å². The zero-order valence-electron chi connectivity index (χ0n) is 14.8. The van der Waals surface area contributed by atoms with Gasteiger partial charge < -0.3 is 0 Å². The number of aryl methyl sites for hydroxylation is 1. The predicted molar refractivity (Wildman–Crippen MR) is 110 cm³/mol. The van der Waals surface area contributed by atoms with Crippen LogP contribution in [0.15, 0.2) is 108 Å². The molecule has 1 aliphatic rings. The Kier molecular flexibility index (Phi) is 4.24. The van der Waals surface area contributed by atoms with Crippen molar-refractivity contribution < 1.29 is 0 Å². The van der Waals surface area contributed by atoms with Crippen LogP contribution < -0.4 is 4.90 Å². The van der Waals surface area contributed by atoms with Crippen LogP contribution in [0.1, 0.15) is 16.7 Å². The maximum atomic E-state index is 5.00. The van der Waals surface area contributed by atoms with Crippen molar-refractivity contribution in [1.82, 2.24) is 0 Å². The Morgan fingerprint density at radius 2 is 1.31 bits per heavy atom. The number of anilines is 1. The smallest absolute Gasteiger partial charge is 0.145 e. The molecule has 0 radical (unpaired) electrons. The Hall–Kier alpha value is -3.39. The number of amidine groups is 1. The van der Waals surface area contributed by atoms with Crippen molar-refractivity contribution in [3.8, 4) is 0 Å². The number of benzene rings is 3. The molecule has 1 heterocycles.